The number of amides is 2. The Bertz CT molecular complexity index is 809. The molecule has 1 fully saturated rings. The predicted octanol–water partition coefficient (Wildman–Crippen LogP) is 4.25. The molecule has 0 spiro atoms. The average molecular weight is 396 g/mol. The molecular weight excluding hydrogens is 362 g/mol. The second-order valence-corrected chi connectivity index (χ2v) is 8.54. The number of hydrogen-bond donors (Lipinski definition) is 2. The van der Waals surface area contributed by atoms with Crippen molar-refractivity contribution in [2.45, 2.75) is 45.1 Å². The molecule has 0 atom stereocenters. The number of hydrogen-bond acceptors (Lipinski definition) is 3. The van der Waals surface area contributed by atoms with Crippen LogP contribution in [-0.4, -0.2) is 38.8 Å². The van der Waals surface area contributed by atoms with Gasteiger partial charge in [0.25, 0.3) is 0 Å². The van der Waals surface area contributed by atoms with Crippen molar-refractivity contribution in [1.29, 1.82) is 0 Å². The van der Waals surface area contributed by atoms with E-state index in [1.54, 1.807) is 7.11 Å². The number of aryl methyl sites for hydroxylation is 1. The number of methoxy groups -OCH3 is 1. The van der Waals surface area contributed by atoms with Crippen molar-refractivity contribution in [3.8, 4) is 5.75 Å². The van der Waals surface area contributed by atoms with E-state index in [0.717, 1.165) is 31.7 Å². The van der Waals surface area contributed by atoms with E-state index in [2.05, 4.69) is 72.7 Å². The van der Waals surface area contributed by atoms with Gasteiger partial charge in [0.1, 0.15) is 5.75 Å². The highest BCUT2D eigenvalue weighted by atomic mass is 16.5. The first-order chi connectivity index (χ1) is 13.9. The summed E-state index contributed by atoms with van der Waals surface area (Å²) in [6.45, 7) is 8.90. The van der Waals surface area contributed by atoms with Crippen LogP contribution in [0.2, 0.25) is 0 Å². The zero-order valence-corrected chi connectivity index (χ0v) is 18.0. The van der Waals surface area contributed by atoms with E-state index in [4.69, 9.17) is 4.74 Å². The lowest BCUT2D eigenvalue weighted by atomic mass is 9.84. The van der Waals surface area contributed by atoms with Gasteiger partial charge in [-0.15, -0.1) is 0 Å². The Balaban J connectivity index is 1.44. The first-order valence-electron chi connectivity index (χ1n) is 10.4. The van der Waals surface area contributed by atoms with Gasteiger partial charge in [-0.1, -0.05) is 43.7 Å². The Morgan fingerprint density at radius 3 is 2.45 bits per heavy atom. The maximum Gasteiger partial charge on any atom is 0.315 e. The maximum absolute atomic E-state index is 12.4. The van der Waals surface area contributed by atoms with Crippen molar-refractivity contribution in [3.05, 3.63) is 59.7 Å². The average Bonchev–Trinajstić information content (AvgIpc) is 2.73. The Hall–Kier alpha value is -2.69. The minimum atomic E-state index is -0.110. The molecule has 0 unspecified atom stereocenters. The van der Waals surface area contributed by atoms with Gasteiger partial charge in [-0.05, 0) is 49.6 Å². The van der Waals surface area contributed by atoms with Crippen LogP contribution in [0.3, 0.4) is 0 Å². The highest BCUT2D eigenvalue weighted by Crippen LogP contribution is 2.24. The molecule has 5 nitrogen and oxygen atoms in total. The van der Waals surface area contributed by atoms with E-state index in [1.165, 1.54) is 16.8 Å². The number of rotatable bonds is 6. The normalized spacial score (nSPS) is 15.1. The van der Waals surface area contributed by atoms with E-state index in [1.807, 2.05) is 12.1 Å². The highest BCUT2D eigenvalue weighted by molar-refractivity contribution is 5.74. The predicted molar refractivity (Wildman–Crippen MR) is 119 cm³/mol. The Labute approximate surface area is 174 Å². The third-order valence-corrected chi connectivity index (χ3v) is 5.76. The molecule has 1 aliphatic rings. The molecule has 2 N–H and O–H groups in total. The smallest absolute Gasteiger partial charge is 0.315 e. The standard InChI is InChI=1S/C24H33N3O2/c1-18-6-5-7-19(16-18)24(2,3)17-25-23(28)26-20-12-14-27(15-13-20)21-8-10-22(29-4)11-9-21/h5-11,16,20H,12-15,17H2,1-4H3,(H2,25,26,28). The molecule has 0 radical (unpaired) electrons. The Morgan fingerprint density at radius 1 is 1.14 bits per heavy atom. The second kappa shape index (κ2) is 9.21. The van der Waals surface area contributed by atoms with E-state index < -0.39 is 0 Å². The zero-order valence-electron chi connectivity index (χ0n) is 18.0. The lowest BCUT2D eigenvalue weighted by Gasteiger charge is -2.34. The van der Waals surface area contributed by atoms with Gasteiger partial charge in [0.15, 0.2) is 0 Å². The molecular formula is C24H33N3O2. The van der Waals surface area contributed by atoms with Crippen molar-refractivity contribution in [3.63, 3.8) is 0 Å². The molecule has 156 valence electrons. The summed E-state index contributed by atoms with van der Waals surface area (Å²) >= 11 is 0. The highest BCUT2D eigenvalue weighted by Gasteiger charge is 2.24. The molecule has 1 heterocycles. The topological polar surface area (TPSA) is 53.6 Å². The van der Waals surface area contributed by atoms with Gasteiger partial charge in [-0.25, -0.2) is 4.79 Å². The van der Waals surface area contributed by atoms with E-state index >= 15 is 0 Å². The molecule has 0 aliphatic carbocycles. The maximum atomic E-state index is 12.4. The number of ether oxygens (including phenoxy) is 1. The number of anilines is 1. The third-order valence-electron chi connectivity index (χ3n) is 5.76. The summed E-state index contributed by atoms with van der Waals surface area (Å²) < 4.78 is 5.23. The number of carbonyl (C=O) groups is 1. The fourth-order valence-corrected chi connectivity index (χ4v) is 3.78. The fourth-order valence-electron chi connectivity index (χ4n) is 3.78. The summed E-state index contributed by atoms with van der Waals surface area (Å²) in [7, 11) is 1.68. The lowest BCUT2D eigenvalue weighted by molar-refractivity contribution is 0.232. The summed E-state index contributed by atoms with van der Waals surface area (Å²) in [5.74, 6) is 0.871. The van der Waals surface area contributed by atoms with E-state index in [9.17, 15) is 4.79 Å². The van der Waals surface area contributed by atoms with Crippen molar-refractivity contribution >= 4 is 11.7 Å². The number of urea groups is 1. The van der Waals surface area contributed by atoms with Crippen LogP contribution in [0.5, 0.6) is 5.75 Å². The van der Waals surface area contributed by atoms with Gasteiger partial charge >= 0.3 is 6.03 Å². The SMILES string of the molecule is COc1ccc(N2CCC(NC(=O)NCC(C)(C)c3cccc(C)c3)CC2)cc1. The largest absolute Gasteiger partial charge is 0.497 e. The summed E-state index contributed by atoms with van der Waals surface area (Å²) in [6.07, 6.45) is 1.89. The lowest BCUT2D eigenvalue weighted by Crippen LogP contribution is -2.49. The molecule has 2 aromatic rings. The van der Waals surface area contributed by atoms with Gasteiger partial charge in [-0.3, -0.25) is 0 Å². The number of piperidine rings is 1. The molecule has 3 rings (SSSR count). The third kappa shape index (κ3) is 5.66. The van der Waals surface area contributed by atoms with Gasteiger partial charge in [0, 0.05) is 36.8 Å². The number of nitrogens with zero attached hydrogens (tertiary/aromatic N) is 1. The van der Waals surface area contributed by atoms with Crippen LogP contribution in [0, 0.1) is 6.92 Å². The van der Waals surface area contributed by atoms with Crippen LogP contribution in [0.4, 0.5) is 10.5 Å². The van der Waals surface area contributed by atoms with Gasteiger partial charge in [-0.2, -0.15) is 0 Å². The van der Waals surface area contributed by atoms with Crippen LogP contribution >= 0.6 is 0 Å². The monoisotopic (exact) mass is 395 g/mol. The summed E-state index contributed by atoms with van der Waals surface area (Å²) in [4.78, 5) is 14.8. The molecule has 1 aliphatic heterocycles. The summed E-state index contributed by atoms with van der Waals surface area (Å²) in [5, 5.41) is 6.21. The summed E-state index contributed by atoms with van der Waals surface area (Å²) in [6, 6.07) is 16.8. The first-order valence-corrected chi connectivity index (χ1v) is 10.4. The first kappa shape index (κ1) is 21.0. The number of nitrogens with one attached hydrogen (secondary N) is 2. The number of benzene rings is 2. The van der Waals surface area contributed by atoms with E-state index in [0.29, 0.717) is 6.54 Å². The van der Waals surface area contributed by atoms with Crippen LogP contribution in [0.25, 0.3) is 0 Å². The minimum Gasteiger partial charge on any atom is -0.497 e. The molecule has 2 aromatic carbocycles. The van der Waals surface area contributed by atoms with Crippen molar-refractivity contribution in [2.75, 3.05) is 31.6 Å². The summed E-state index contributed by atoms with van der Waals surface area (Å²) in [5.41, 5.74) is 3.57. The molecule has 0 aromatic heterocycles. The Kier molecular flexibility index (Phi) is 6.68. The quantitative estimate of drug-likeness (QED) is 0.769. The molecule has 0 saturated carbocycles. The number of carbonyl (C=O) groups excluding carboxylic acids is 1. The molecule has 2 amide bonds. The van der Waals surface area contributed by atoms with Crippen molar-refractivity contribution in [1.82, 2.24) is 10.6 Å². The van der Waals surface area contributed by atoms with Crippen LogP contribution in [-0.2, 0) is 5.41 Å². The molecule has 1 saturated heterocycles. The van der Waals surface area contributed by atoms with Crippen LogP contribution in [0.15, 0.2) is 48.5 Å². The van der Waals surface area contributed by atoms with Crippen LogP contribution in [0.1, 0.15) is 37.8 Å². The fraction of sp³-hybridized carbons (Fsp3) is 0.458. The minimum absolute atomic E-state index is 0.0753. The molecule has 0 bridgehead atoms. The molecule has 29 heavy (non-hydrogen) atoms. The molecule has 5 heteroatoms. The Morgan fingerprint density at radius 2 is 1.83 bits per heavy atom. The van der Waals surface area contributed by atoms with E-state index in [-0.39, 0.29) is 17.5 Å². The van der Waals surface area contributed by atoms with Crippen molar-refractivity contribution < 1.29 is 9.53 Å². The zero-order chi connectivity index (χ0) is 20.9. The van der Waals surface area contributed by atoms with Crippen molar-refractivity contribution in [2.24, 2.45) is 0 Å². The van der Waals surface area contributed by atoms with Gasteiger partial charge in [0.05, 0.1) is 7.11 Å². The van der Waals surface area contributed by atoms with Gasteiger partial charge < -0.3 is 20.3 Å². The van der Waals surface area contributed by atoms with Crippen LogP contribution < -0.4 is 20.3 Å². The van der Waals surface area contributed by atoms with Gasteiger partial charge in [0.2, 0.25) is 0 Å². The second-order valence-electron chi connectivity index (χ2n) is 8.54.